The normalized spacial score (nSPS) is 11.9. The molecule has 1 heterocycles. The van der Waals surface area contributed by atoms with Crippen molar-refractivity contribution in [3.63, 3.8) is 0 Å². The predicted molar refractivity (Wildman–Crippen MR) is 60.2 cm³/mol. The van der Waals surface area contributed by atoms with Crippen LogP contribution >= 0.6 is 0 Å². The van der Waals surface area contributed by atoms with Gasteiger partial charge in [0.1, 0.15) is 0 Å². The van der Waals surface area contributed by atoms with E-state index in [1.807, 2.05) is 0 Å². The molecule has 0 aliphatic heterocycles. The Hall–Kier alpha value is -0.920. The molecule has 0 fully saturated rings. The molecule has 0 unspecified atom stereocenters. The third-order valence-corrected chi connectivity index (χ3v) is 3.42. The third kappa shape index (κ3) is 4.73. The molecule has 0 aromatic carbocycles. The van der Waals surface area contributed by atoms with E-state index in [0.717, 1.165) is 5.69 Å². The van der Waals surface area contributed by atoms with Crippen LogP contribution in [0.25, 0.3) is 0 Å². The standard InChI is InChI=1S/C9H17N3O3S/c1-8-6-9(15-12-8)7-11-16(13,14)5-3-2-4-10/h6,11H,2-5,7,10H2,1H3. The fraction of sp³-hybridized carbons (Fsp3) is 0.667. The van der Waals surface area contributed by atoms with Gasteiger partial charge in [0, 0.05) is 6.07 Å². The van der Waals surface area contributed by atoms with Gasteiger partial charge >= 0.3 is 0 Å². The molecule has 6 nitrogen and oxygen atoms in total. The summed E-state index contributed by atoms with van der Waals surface area (Å²) in [4.78, 5) is 0. The molecule has 0 saturated heterocycles. The molecule has 1 aromatic heterocycles. The lowest BCUT2D eigenvalue weighted by atomic mass is 10.3. The van der Waals surface area contributed by atoms with Gasteiger partial charge in [0.15, 0.2) is 5.76 Å². The average Bonchev–Trinajstić information content (AvgIpc) is 2.62. The van der Waals surface area contributed by atoms with E-state index in [0.29, 0.717) is 25.1 Å². The molecule has 0 spiro atoms. The average molecular weight is 247 g/mol. The van der Waals surface area contributed by atoms with Crippen LogP contribution in [0, 0.1) is 6.92 Å². The van der Waals surface area contributed by atoms with E-state index in [4.69, 9.17) is 10.3 Å². The van der Waals surface area contributed by atoms with Gasteiger partial charge in [0.2, 0.25) is 10.0 Å². The van der Waals surface area contributed by atoms with Crippen LogP contribution in [0.3, 0.4) is 0 Å². The van der Waals surface area contributed by atoms with Crippen molar-refractivity contribution in [1.29, 1.82) is 0 Å². The number of nitrogens with one attached hydrogen (secondary N) is 1. The first-order valence-corrected chi connectivity index (χ1v) is 6.78. The summed E-state index contributed by atoms with van der Waals surface area (Å²) in [6.45, 7) is 2.44. The number of nitrogens with two attached hydrogens (primary N) is 1. The number of rotatable bonds is 7. The summed E-state index contributed by atoms with van der Waals surface area (Å²) < 4.78 is 30.3. The van der Waals surface area contributed by atoms with Crippen LogP contribution in [-0.4, -0.2) is 25.9 Å². The van der Waals surface area contributed by atoms with Gasteiger partial charge in [-0.2, -0.15) is 0 Å². The van der Waals surface area contributed by atoms with Crippen molar-refractivity contribution in [2.75, 3.05) is 12.3 Å². The quantitative estimate of drug-likeness (QED) is 0.668. The molecule has 3 N–H and O–H groups in total. The number of unbranched alkanes of at least 4 members (excludes halogenated alkanes) is 1. The Kier molecular flexibility index (Phi) is 4.91. The molecule has 7 heteroatoms. The molecule has 0 atom stereocenters. The Bertz CT molecular complexity index is 413. The second-order valence-corrected chi connectivity index (χ2v) is 5.50. The van der Waals surface area contributed by atoms with Crippen molar-refractivity contribution in [3.8, 4) is 0 Å². The SMILES string of the molecule is Cc1cc(CNS(=O)(=O)CCCCN)on1. The topological polar surface area (TPSA) is 98.2 Å². The fourth-order valence-corrected chi connectivity index (χ4v) is 2.28. The molecule has 0 aliphatic carbocycles. The molecule has 0 bridgehead atoms. The molecule has 0 amide bonds. The van der Waals surface area contributed by atoms with Crippen molar-refractivity contribution in [2.45, 2.75) is 26.3 Å². The molecule has 1 rings (SSSR count). The van der Waals surface area contributed by atoms with Gasteiger partial charge in [-0.3, -0.25) is 0 Å². The first kappa shape index (κ1) is 13.1. The fourth-order valence-electron chi connectivity index (χ4n) is 1.19. The summed E-state index contributed by atoms with van der Waals surface area (Å²) in [6.07, 6.45) is 1.28. The first-order chi connectivity index (χ1) is 7.53. The van der Waals surface area contributed by atoms with E-state index in [2.05, 4.69) is 9.88 Å². The number of hydrogen-bond acceptors (Lipinski definition) is 5. The molecule has 1 aromatic rings. The Labute approximate surface area is 95.2 Å². The Balaban J connectivity index is 2.36. The van der Waals surface area contributed by atoms with Crippen molar-refractivity contribution in [2.24, 2.45) is 5.73 Å². The van der Waals surface area contributed by atoms with E-state index in [9.17, 15) is 8.42 Å². The van der Waals surface area contributed by atoms with E-state index in [1.54, 1.807) is 13.0 Å². The highest BCUT2D eigenvalue weighted by Crippen LogP contribution is 2.02. The van der Waals surface area contributed by atoms with Crippen molar-refractivity contribution in [1.82, 2.24) is 9.88 Å². The monoisotopic (exact) mass is 247 g/mol. The lowest BCUT2D eigenvalue weighted by Gasteiger charge is -2.03. The van der Waals surface area contributed by atoms with Crippen LogP contribution in [0.4, 0.5) is 0 Å². The minimum Gasteiger partial charge on any atom is -0.360 e. The minimum atomic E-state index is -3.24. The van der Waals surface area contributed by atoms with Gasteiger partial charge in [-0.1, -0.05) is 5.16 Å². The van der Waals surface area contributed by atoms with Crippen LogP contribution < -0.4 is 10.5 Å². The summed E-state index contributed by atoms with van der Waals surface area (Å²) in [7, 11) is -3.24. The van der Waals surface area contributed by atoms with Crippen LogP contribution in [0.2, 0.25) is 0 Å². The molecule has 16 heavy (non-hydrogen) atoms. The Morgan fingerprint density at radius 3 is 2.81 bits per heavy atom. The smallest absolute Gasteiger partial charge is 0.212 e. The maximum Gasteiger partial charge on any atom is 0.212 e. The summed E-state index contributed by atoms with van der Waals surface area (Å²) in [6, 6.07) is 1.70. The molecule has 0 saturated carbocycles. The van der Waals surface area contributed by atoms with Crippen LogP contribution in [0.1, 0.15) is 24.3 Å². The van der Waals surface area contributed by atoms with Gasteiger partial charge in [-0.05, 0) is 26.3 Å². The highest BCUT2D eigenvalue weighted by Gasteiger charge is 2.10. The largest absolute Gasteiger partial charge is 0.360 e. The second kappa shape index (κ2) is 5.97. The molecular formula is C9H17N3O3S. The molecular weight excluding hydrogens is 230 g/mol. The molecule has 0 aliphatic rings. The Morgan fingerprint density at radius 1 is 1.50 bits per heavy atom. The first-order valence-electron chi connectivity index (χ1n) is 5.13. The summed E-state index contributed by atoms with van der Waals surface area (Å²) in [5, 5.41) is 3.67. The van der Waals surface area contributed by atoms with Gasteiger partial charge in [0.25, 0.3) is 0 Å². The summed E-state index contributed by atoms with van der Waals surface area (Å²) in [5.74, 6) is 0.608. The van der Waals surface area contributed by atoms with Crippen molar-refractivity contribution >= 4 is 10.0 Å². The summed E-state index contributed by atoms with van der Waals surface area (Å²) in [5.41, 5.74) is 6.02. The highest BCUT2D eigenvalue weighted by atomic mass is 32.2. The van der Waals surface area contributed by atoms with E-state index < -0.39 is 10.0 Å². The van der Waals surface area contributed by atoms with Gasteiger partial charge in [-0.25, -0.2) is 13.1 Å². The lowest BCUT2D eigenvalue weighted by molar-refractivity contribution is 0.377. The summed E-state index contributed by atoms with van der Waals surface area (Å²) >= 11 is 0. The van der Waals surface area contributed by atoms with E-state index in [1.165, 1.54) is 0 Å². The highest BCUT2D eigenvalue weighted by molar-refractivity contribution is 7.89. The zero-order valence-corrected chi connectivity index (χ0v) is 10.1. The zero-order chi connectivity index (χ0) is 12.0. The Morgan fingerprint density at radius 2 is 2.25 bits per heavy atom. The lowest BCUT2D eigenvalue weighted by Crippen LogP contribution is -2.26. The van der Waals surface area contributed by atoms with E-state index >= 15 is 0 Å². The maximum atomic E-state index is 11.5. The minimum absolute atomic E-state index is 0.0946. The number of aryl methyl sites for hydroxylation is 1. The number of hydrogen-bond donors (Lipinski definition) is 2. The number of aromatic nitrogens is 1. The number of sulfonamides is 1. The van der Waals surface area contributed by atoms with Crippen LogP contribution in [0.5, 0.6) is 0 Å². The van der Waals surface area contributed by atoms with Crippen molar-refractivity contribution in [3.05, 3.63) is 17.5 Å². The van der Waals surface area contributed by atoms with Gasteiger partial charge in [0.05, 0.1) is 18.0 Å². The van der Waals surface area contributed by atoms with Gasteiger partial charge < -0.3 is 10.3 Å². The van der Waals surface area contributed by atoms with Crippen molar-refractivity contribution < 1.29 is 12.9 Å². The third-order valence-electron chi connectivity index (χ3n) is 2.01. The maximum absolute atomic E-state index is 11.5. The molecule has 0 radical (unpaired) electrons. The van der Waals surface area contributed by atoms with E-state index in [-0.39, 0.29) is 12.3 Å². The van der Waals surface area contributed by atoms with Crippen LogP contribution in [-0.2, 0) is 16.6 Å². The molecule has 92 valence electrons. The predicted octanol–water partition coefficient (Wildman–Crippen LogP) is 0.141. The van der Waals surface area contributed by atoms with Gasteiger partial charge in [-0.15, -0.1) is 0 Å². The number of nitrogens with zero attached hydrogens (tertiary/aromatic N) is 1. The zero-order valence-electron chi connectivity index (χ0n) is 9.27. The van der Waals surface area contributed by atoms with Crippen LogP contribution in [0.15, 0.2) is 10.6 Å². The second-order valence-electron chi connectivity index (χ2n) is 3.57.